The van der Waals surface area contributed by atoms with Crippen molar-refractivity contribution < 1.29 is 4.79 Å². The van der Waals surface area contributed by atoms with Crippen molar-refractivity contribution in [1.29, 1.82) is 0 Å². The van der Waals surface area contributed by atoms with E-state index >= 15 is 0 Å². The predicted octanol–water partition coefficient (Wildman–Crippen LogP) is 4.38. The number of likely N-dealkylation sites (N-methyl/N-ethyl adjacent to an activating group) is 1. The Bertz CT molecular complexity index is 810. The lowest BCUT2D eigenvalue weighted by molar-refractivity contribution is 0.101. The molecule has 0 aromatic heterocycles. The Hall–Kier alpha value is -2.59. The summed E-state index contributed by atoms with van der Waals surface area (Å²) in [6.07, 6.45) is 4.47. The number of nitrogens with one attached hydrogen (secondary N) is 1. The average Bonchev–Trinajstić information content (AvgIpc) is 2.61. The second kappa shape index (κ2) is 7.53. The summed E-state index contributed by atoms with van der Waals surface area (Å²) < 4.78 is 0. The summed E-state index contributed by atoms with van der Waals surface area (Å²) in [5.74, 6) is 0.0625. The molecule has 25 heavy (non-hydrogen) atoms. The minimum Gasteiger partial charge on any atom is -0.347 e. The standard InChI is InChI=1S/C20H20ClN3O/c1-14(25)16-5-9-18(10-6-16)23-20-22-12-11-19(24(20)2)13-15-3-7-17(21)8-4-15/h3-12,20,23H,13H2,1-2H3. The fraction of sp³-hybridized carbons (Fsp3) is 0.200. The number of Topliss-reactive ketones (excluding diaryl/α,β-unsaturated/α-hetero) is 1. The van der Waals surface area contributed by atoms with Gasteiger partial charge in [0.1, 0.15) is 0 Å². The number of halogens is 1. The van der Waals surface area contributed by atoms with E-state index in [4.69, 9.17) is 11.6 Å². The summed E-state index contributed by atoms with van der Waals surface area (Å²) in [6.45, 7) is 1.56. The average molecular weight is 354 g/mol. The summed E-state index contributed by atoms with van der Waals surface area (Å²) in [4.78, 5) is 18.0. The quantitative estimate of drug-likeness (QED) is 0.811. The minimum absolute atomic E-state index is 0.0625. The summed E-state index contributed by atoms with van der Waals surface area (Å²) in [7, 11) is 2.01. The number of anilines is 1. The van der Waals surface area contributed by atoms with Crippen LogP contribution in [0.15, 0.2) is 65.3 Å². The van der Waals surface area contributed by atoms with Crippen molar-refractivity contribution >= 4 is 29.3 Å². The van der Waals surface area contributed by atoms with Crippen molar-refractivity contribution in [2.75, 3.05) is 12.4 Å². The Balaban J connectivity index is 1.68. The molecule has 2 aromatic rings. The van der Waals surface area contributed by atoms with Crippen molar-refractivity contribution in [2.24, 2.45) is 4.99 Å². The molecular formula is C20H20ClN3O. The second-order valence-corrected chi connectivity index (χ2v) is 6.46. The normalized spacial score (nSPS) is 16.5. The van der Waals surface area contributed by atoms with Crippen LogP contribution < -0.4 is 5.32 Å². The van der Waals surface area contributed by atoms with E-state index in [1.54, 1.807) is 6.92 Å². The smallest absolute Gasteiger partial charge is 0.196 e. The molecule has 2 aromatic carbocycles. The summed E-state index contributed by atoms with van der Waals surface area (Å²) >= 11 is 5.95. The summed E-state index contributed by atoms with van der Waals surface area (Å²) in [5.41, 5.74) is 3.98. The molecule has 0 fully saturated rings. The number of allylic oxidation sites excluding steroid dienone is 2. The Morgan fingerprint density at radius 1 is 1.16 bits per heavy atom. The molecular weight excluding hydrogens is 334 g/mol. The molecule has 128 valence electrons. The van der Waals surface area contributed by atoms with Crippen LogP contribution in [0.1, 0.15) is 22.8 Å². The molecule has 0 amide bonds. The van der Waals surface area contributed by atoms with Crippen molar-refractivity contribution in [3.8, 4) is 0 Å². The first-order chi connectivity index (χ1) is 12.0. The first-order valence-electron chi connectivity index (χ1n) is 8.10. The van der Waals surface area contributed by atoms with Gasteiger partial charge in [-0.3, -0.25) is 4.79 Å². The Morgan fingerprint density at radius 2 is 1.84 bits per heavy atom. The third-order valence-electron chi connectivity index (χ3n) is 4.20. The predicted molar refractivity (Wildman–Crippen MR) is 103 cm³/mol. The summed E-state index contributed by atoms with van der Waals surface area (Å²) in [6, 6.07) is 15.3. The van der Waals surface area contributed by atoms with Gasteiger partial charge in [0.05, 0.1) is 0 Å². The van der Waals surface area contributed by atoms with Crippen LogP contribution in [0.25, 0.3) is 0 Å². The number of carbonyl (C=O) groups is 1. The maximum Gasteiger partial charge on any atom is 0.196 e. The fourth-order valence-corrected chi connectivity index (χ4v) is 2.79. The molecule has 0 saturated carbocycles. The van der Waals surface area contributed by atoms with Crippen molar-refractivity contribution in [2.45, 2.75) is 19.6 Å². The first kappa shape index (κ1) is 17.2. The largest absolute Gasteiger partial charge is 0.347 e. The number of benzene rings is 2. The SMILES string of the molecule is CC(=O)c1ccc(NC2N=CC=C(Cc3ccc(Cl)cc3)N2C)cc1. The van der Waals surface area contributed by atoms with Crippen LogP contribution in [0.4, 0.5) is 5.69 Å². The van der Waals surface area contributed by atoms with E-state index in [0.717, 1.165) is 22.8 Å². The highest BCUT2D eigenvalue weighted by Gasteiger charge is 2.18. The number of carbonyl (C=O) groups excluding carboxylic acids is 1. The molecule has 1 aliphatic rings. The maximum atomic E-state index is 11.4. The second-order valence-electron chi connectivity index (χ2n) is 6.02. The molecule has 0 saturated heterocycles. The molecule has 3 rings (SSSR count). The highest BCUT2D eigenvalue weighted by atomic mass is 35.5. The molecule has 0 aliphatic carbocycles. The zero-order valence-electron chi connectivity index (χ0n) is 14.2. The number of nitrogens with zero attached hydrogens (tertiary/aromatic N) is 2. The lowest BCUT2D eigenvalue weighted by Gasteiger charge is -2.32. The van der Waals surface area contributed by atoms with Crippen molar-refractivity contribution in [3.63, 3.8) is 0 Å². The third kappa shape index (κ3) is 4.28. The van der Waals surface area contributed by atoms with Crippen LogP contribution >= 0.6 is 11.6 Å². The van der Waals surface area contributed by atoms with Gasteiger partial charge in [-0.25, -0.2) is 4.99 Å². The van der Waals surface area contributed by atoms with Crippen LogP contribution in [-0.4, -0.2) is 30.2 Å². The molecule has 5 heteroatoms. The zero-order chi connectivity index (χ0) is 17.8. The highest BCUT2D eigenvalue weighted by Crippen LogP contribution is 2.20. The van der Waals surface area contributed by atoms with Gasteiger partial charge in [-0.1, -0.05) is 23.7 Å². The Kier molecular flexibility index (Phi) is 5.19. The Labute approximate surface area is 152 Å². The monoisotopic (exact) mass is 353 g/mol. The molecule has 1 aliphatic heterocycles. The van der Waals surface area contributed by atoms with Crippen molar-refractivity contribution in [1.82, 2.24) is 4.90 Å². The molecule has 1 N–H and O–H groups in total. The van der Waals surface area contributed by atoms with Gasteiger partial charge in [0.15, 0.2) is 12.1 Å². The van der Waals surface area contributed by atoms with E-state index < -0.39 is 0 Å². The molecule has 0 spiro atoms. The number of ketones is 1. The molecule has 4 nitrogen and oxygen atoms in total. The topological polar surface area (TPSA) is 44.7 Å². The molecule has 1 atom stereocenters. The fourth-order valence-electron chi connectivity index (χ4n) is 2.66. The van der Waals surface area contributed by atoms with Crippen LogP contribution in [0, 0.1) is 0 Å². The van der Waals surface area contributed by atoms with Gasteiger partial charge in [0.2, 0.25) is 0 Å². The molecule has 1 heterocycles. The van der Waals surface area contributed by atoms with Gasteiger partial charge < -0.3 is 10.2 Å². The van der Waals surface area contributed by atoms with Crippen LogP contribution in [0.3, 0.4) is 0 Å². The van der Waals surface area contributed by atoms with E-state index in [1.165, 1.54) is 5.56 Å². The molecule has 0 bridgehead atoms. The first-order valence-corrected chi connectivity index (χ1v) is 8.48. The maximum absolute atomic E-state index is 11.4. The van der Waals surface area contributed by atoms with E-state index in [9.17, 15) is 4.79 Å². The number of hydrogen-bond acceptors (Lipinski definition) is 4. The summed E-state index contributed by atoms with van der Waals surface area (Å²) in [5, 5.41) is 4.12. The van der Waals surface area contributed by atoms with Gasteiger partial charge in [0.25, 0.3) is 0 Å². The van der Waals surface area contributed by atoms with E-state index in [2.05, 4.69) is 15.2 Å². The highest BCUT2D eigenvalue weighted by molar-refractivity contribution is 6.30. The van der Waals surface area contributed by atoms with Crippen molar-refractivity contribution in [3.05, 3.63) is 76.5 Å². The van der Waals surface area contributed by atoms with E-state index in [0.29, 0.717) is 5.56 Å². The van der Waals surface area contributed by atoms with E-state index in [1.807, 2.05) is 67.9 Å². The number of aliphatic imine (C=N–C) groups is 1. The molecule has 0 radical (unpaired) electrons. The van der Waals surface area contributed by atoms with Gasteiger partial charge >= 0.3 is 0 Å². The van der Waals surface area contributed by atoms with Gasteiger partial charge in [-0.2, -0.15) is 0 Å². The lowest BCUT2D eigenvalue weighted by atomic mass is 10.1. The zero-order valence-corrected chi connectivity index (χ0v) is 15.0. The van der Waals surface area contributed by atoms with E-state index in [-0.39, 0.29) is 12.1 Å². The third-order valence-corrected chi connectivity index (χ3v) is 4.45. The number of hydrogen-bond donors (Lipinski definition) is 1. The van der Waals surface area contributed by atoms with Gasteiger partial charge in [-0.05, 0) is 55.0 Å². The molecule has 1 unspecified atom stereocenters. The lowest BCUT2D eigenvalue weighted by Crippen LogP contribution is -2.38. The van der Waals surface area contributed by atoms with Crippen LogP contribution in [-0.2, 0) is 6.42 Å². The van der Waals surface area contributed by atoms with Gasteiger partial charge in [-0.15, -0.1) is 0 Å². The van der Waals surface area contributed by atoms with Crippen LogP contribution in [0.5, 0.6) is 0 Å². The Morgan fingerprint density at radius 3 is 2.48 bits per heavy atom. The van der Waals surface area contributed by atoms with Gasteiger partial charge in [0, 0.05) is 41.7 Å². The minimum atomic E-state index is -0.185. The number of rotatable bonds is 5. The van der Waals surface area contributed by atoms with Crippen LogP contribution in [0.2, 0.25) is 5.02 Å².